The van der Waals surface area contributed by atoms with Crippen LogP contribution in [-0.4, -0.2) is 35.7 Å². The molecule has 4 rings (SSSR count). The summed E-state index contributed by atoms with van der Waals surface area (Å²) in [5.74, 6) is 0.122. The first-order valence-electron chi connectivity index (χ1n) is 10.5. The Morgan fingerprint density at radius 3 is 2.73 bits per heavy atom. The molecular weight excluding hydrogens is 398 g/mol. The van der Waals surface area contributed by atoms with Gasteiger partial charge in [0.2, 0.25) is 17.7 Å². The number of ether oxygens (including phenoxy) is 1. The molecule has 2 heterocycles. The molecule has 0 radical (unpaired) electrons. The summed E-state index contributed by atoms with van der Waals surface area (Å²) in [6.45, 7) is 0.754. The van der Waals surface area contributed by atoms with Crippen LogP contribution in [0.2, 0.25) is 0 Å². The van der Waals surface area contributed by atoms with Gasteiger partial charge in [-0.05, 0) is 62.3 Å². The lowest BCUT2D eigenvalue weighted by atomic mass is 10.1. The van der Waals surface area contributed by atoms with E-state index in [0.29, 0.717) is 19.0 Å². The zero-order valence-corrected chi connectivity index (χ0v) is 18.0. The largest absolute Gasteiger partial charge is 0.474 e. The van der Waals surface area contributed by atoms with E-state index in [-0.39, 0.29) is 30.3 Å². The number of hydrogen-bond donors (Lipinski definition) is 1. The Hall–Kier alpha value is -2.54. The molecule has 1 N–H and O–H groups in total. The van der Waals surface area contributed by atoms with E-state index in [1.165, 1.54) is 12.8 Å². The molecule has 158 valence electrons. The molecule has 1 aliphatic carbocycles. The Bertz CT molecular complexity index is 897. The second-order valence-corrected chi connectivity index (χ2v) is 8.69. The van der Waals surface area contributed by atoms with Crippen molar-refractivity contribution in [3.05, 3.63) is 48.2 Å². The fourth-order valence-corrected chi connectivity index (χ4v) is 4.46. The first-order valence-corrected chi connectivity index (χ1v) is 11.7. The zero-order chi connectivity index (χ0) is 20.9. The van der Waals surface area contributed by atoms with Crippen LogP contribution in [0.5, 0.6) is 5.88 Å². The number of carbonyl (C=O) groups is 2. The highest BCUT2D eigenvalue weighted by Gasteiger charge is 2.35. The third-order valence-corrected chi connectivity index (χ3v) is 6.51. The summed E-state index contributed by atoms with van der Waals surface area (Å²) in [6.07, 6.45) is 8.67. The molecule has 1 saturated carbocycles. The summed E-state index contributed by atoms with van der Waals surface area (Å²) in [5.41, 5.74) is 1.71. The molecule has 2 aliphatic rings. The van der Waals surface area contributed by atoms with E-state index in [2.05, 4.69) is 10.3 Å². The fraction of sp³-hybridized carbons (Fsp3) is 0.435. The van der Waals surface area contributed by atoms with Crippen LogP contribution in [0.25, 0.3) is 0 Å². The van der Waals surface area contributed by atoms with Gasteiger partial charge in [-0.15, -0.1) is 11.8 Å². The molecule has 1 unspecified atom stereocenters. The van der Waals surface area contributed by atoms with E-state index in [1.807, 2.05) is 42.7 Å². The highest BCUT2D eigenvalue weighted by Crippen LogP contribution is 2.28. The van der Waals surface area contributed by atoms with Gasteiger partial charge < -0.3 is 15.0 Å². The van der Waals surface area contributed by atoms with Crippen molar-refractivity contribution in [2.24, 2.45) is 5.92 Å². The van der Waals surface area contributed by atoms with Gasteiger partial charge in [0.05, 0.1) is 5.92 Å². The number of carbonyl (C=O) groups excluding carboxylic acids is 2. The maximum atomic E-state index is 12.7. The average molecular weight is 426 g/mol. The highest BCUT2D eigenvalue weighted by molar-refractivity contribution is 7.98. The first kappa shape index (κ1) is 20.7. The van der Waals surface area contributed by atoms with Gasteiger partial charge in [-0.1, -0.05) is 6.07 Å². The third kappa shape index (κ3) is 4.78. The summed E-state index contributed by atoms with van der Waals surface area (Å²) in [5, 5.41) is 2.98. The van der Waals surface area contributed by atoms with Crippen LogP contribution in [0, 0.1) is 5.92 Å². The van der Waals surface area contributed by atoms with Gasteiger partial charge >= 0.3 is 0 Å². The molecule has 1 saturated heterocycles. The Balaban J connectivity index is 1.35. The summed E-state index contributed by atoms with van der Waals surface area (Å²) < 4.78 is 6.05. The van der Waals surface area contributed by atoms with Crippen molar-refractivity contribution in [2.45, 2.75) is 49.6 Å². The van der Waals surface area contributed by atoms with Crippen LogP contribution in [0.1, 0.15) is 37.7 Å². The monoisotopic (exact) mass is 425 g/mol. The Labute approximate surface area is 181 Å². The summed E-state index contributed by atoms with van der Waals surface area (Å²) in [7, 11) is 0. The lowest BCUT2D eigenvalue weighted by molar-refractivity contribution is -0.126. The van der Waals surface area contributed by atoms with Gasteiger partial charge in [0.25, 0.3) is 0 Å². The van der Waals surface area contributed by atoms with Gasteiger partial charge in [0, 0.05) is 41.9 Å². The molecule has 30 heavy (non-hydrogen) atoms. The SMILES string of the molecule is CSc1ccc(N2CC(C(=O)NCc3cccnc3OC3CCCC3)CC2=O)cc1. The van der Waals surface area contributed by atoms with Crippen molar-refractivity contribution in [1.29, 1.82) is 0 Å². The van der Waals surface area contributed by atoms with Crippen LogP contribution in [0.15, 0.2) is 47.5 Å². The van der Waals surface area contributed by atoms with Crippen molar-refractivity contribution in [2.75, 3.05) is 17.7 Å². The molecule has 2 amide bonds. The van der Waals surface area contributed by atoms with E-state index in [9.17, 15) is 9.59 Å². The van der Waals surface area contributed by atoms with Gasteiger partial charge in [-0.25, -0.2) is 4.98 Å². The number of nitrogens with zero attached hydrogens (tertiary/aromatic N) is 2. The Kier molecular flexibility index (Phi) is 6.57. The molecule has 1 aromatic carbocycles. The molecule has 6 nitrogen and oxygen atoms in total. The normalized spacial score (nSPS) is 19.3. The van der Waals surface area contributed by atoms with E-state index >= 15 is 0 Å². The topological polar surface area (TPSA) is 71.5 Å². The van der Waals surface area contributed by atoms with Gasteiger partial charge in [-0.2, -0.15) is 0 Å². The number of rotatable bonds is 7. The maximum absolute atomic E-state index is 12.7. The van der Waals surface area contributed by atoms with Crippen molar-refractivity contribution in [1.82, 2.24) is 10.3 Å². The quantitative estimate of drug-likeness (QED) is 0.684. The minimum absolute atomic E-state index is 0.0151. The number of thioether (sulfide) groups is 1. The van der Waals surface area contributed by atoms with Crippen molar-refractivity contribution in [3.63, 3.8) is 0 Å². The van der Waals surface area contributed by atoms with Crippen molar-refractivity contribution < 1.29 is 14.3 Å². The minimum atomic E-state index is -0.353. The molecule has 1 aliphatic heterocycles. The predicted octanol–water partition coefficient (Wildman–Crippen LogP) is 3.79. The van der Waals surface area contributed by atoms with Crippen LogP contribution in [0.3, 0.4) is 0 Å². The predicted molar refractivity (Wildman–Crippen MR) is 118 cm³/mol. The number of amides is 2. The summed E-state index contributed by atoms with van der Waals surface area (Å²) in [6, 6.07) is 11.6. The smallest absolute Gasteiger partial charge is 0.227 e. The van der Waals surface area contributed by atoms with Crippen molar-refractivity contribution in [3.8, 4) is 5.88 Å². The third-order valence-electron chi connectivity index (χ3n) is 5.76. The number of hydrogen-bond acceptors (Lipinski definition) is 5. The molecule has 2 aromatic rings. The number of anilines is 1. The number of nitrogens with one attached hydrogen (secondary N) is 1. The molecule has 1 aromatic heterocycles. The first-order chi connectivity index (χ1) is 14.6. The lowest BCUT2D eigenvalue weighted by Gasteiger charge is -2.18. The molecule has 0 bridgehead atoms. The van der Waals surface area contributed by atoms with Crippen LogP contribution in [0.4, 0.5) is 5.69 Å². The summed E-state index contributed by atoms with van der Waals surface area (Å²) >= 11 is 1.66. The van der Waals surface area contributed by atoms with Crippen LogP contribution >= 0.6 is 11.8 Å². The average Bonchev–Trinajstić information content (AvgIpc) is 3.42. The standard InChI is InChI=1S/C23H27N3O3S/c1-30-20-10-8-18(9-11-20)26-15-17(13-21(26)27)22(28)25-14-16-5-4-12-24-23(16)29-19-6-2-3-7-19/h4-5,8-12,17,19H,2-3,6-7,13-15H2,1H3,(H,25,28). The fourth-order valence-electron chi connectivity index (χ4n) is 4.05. The molecule has 7 heteroatoms. The van der Waals surface area contributed by atoms with Gasteiger partial charge in [0.15, 0.2) is 0 Å². The molecular formula is C23H27N3O3S. The molecule has 2 fully saturated rings. The lowest BCUT2D eigenvalue weighted by Crippen LogP contribution is -2.32. The van der Waals surface area contributed by atoms with Gasteiger partial charge in [0.1, 0.15) is 6.10 Å². The van der Waals surface area contributed by atoms with E-state index in [1.54, 1.807) is 22.9 Å². The summed E-state index contributed by atoms with van der Waals surface area (Å²) in [4.78, 5) is 32.4. The van der Waals surface area contributed by atoms with E-state index < -0.39 is 0 Å². The number of aromatic nitrogens is 1. The Morgan fingerprint density at radius 1 is 1.23 bits per heavy atom. The minimum Gasteiger partial charge on any atom is -0.474 e. The van der Waals surface area contributed by atoms with Crippen LogP contribution in [-0.2, 0) is 16.1 Å². The van der Waals surface area contributed by atoms with Crippen molar-refractivity contribution >= 4 is 29.3 Å². The number of pyridine rings is 1. The van der Waals surface area contributed by atoms with E-state index in [0.717, 1.165) is 29.0 Å². The second kappa shape index (κ2) is 9.51. The zero-order valence-electron chi connectivity index (χ0n) is 17.2. The van der Waals surface area contributed by atoms with E-state index in [4.69, 9.17) is 4.74 Å². The van der Waals surface area contributed by atoms with Crippen LogP contribution < -0.4 is 15.0 Å². The Morgan fingerprint density at radius 2 is 2.00 bits per heavy atom. The second-order valence-electron chi connectivity index (χ2n) is 7.81. The molecule has 1 atom stereocenters. The van der Waals surface area contributed by atoms with Gasteiger partial charge in [-0.3, -0.25) is 9.59 Å². The maximum Gasteiger partial charge on any atom is 0.227 e. The number of benzene rings is 1. The molecule has 0 spiro atoms. The highest BCUT2D eigenvalue weighted by atomic mass is 32.2.